The Morgan fingerprint density at radius 1 is 1.48 bits per heavy atom. The Morgan fingerprint density at radius 3 is 3.09 bits per heavy atom. The average molecular weight is 318 g/mol. The van der Waals surface area contributed by atoms with Crippen molar-refractivity contribution in [2.24, 2.45) is 5.92 Å². The van der Waals surface area contributed by atoms with Crippen LogP contribution in [-0.2, 0) is 14.3 Å². The molecule has 2 heterocycles. The lowest BCUT2D eigenvalue weighted by Crippen LogP contribution is -2.37. The van der Waals surface area contributed by atoms with Crippen LogP contribution in [-0.4, -0.2) is 44.7 Å². The molecule has 2 saturated heterocycles. The second-order valence-corrected chi connectivity index (χ2v) is 5.99. The molecule has 3 rings (SSSR count). The van der Waals surface area contributed by atoms with Gasteiger partial charge in [0, 0.05) is 37.9 Å². The van der Waals surface area contributed by atoms with Crippen LogP contribution < -0.4 is 15.0 Å². The first kappa shape index (κ1) is 15.8. The number of nitrogens with zero attached hydrogens (tertiary/aromatic N) is 1. The Hall–Kier alpha value is -2.08. The number of nitrogens with one attached hydrogen (secondary N) is 1. The van der Waals surface area contributed by atoms with Crippen LogP contribution in [0.4, 0.5) is 5.69 Å². The standard InChI is InChI=1S/C17H22N2O4/c1-22-14-5-2-4-13(9-14)19-11-12(8-16(19)20)17(21)18-10-15-6-3-7-23-15/h2,4-5,9,12,15H,3,6-8,10-11H2,1H3,(H,18,21)/t12-,15-/m1/s1. The van der Waals surface area contributed by atoms with Gasteiger partial charge in [-0.15, -0.1) is 0 Å². The molecule has 0 aromatic heterocycles. The van der Waals surface area contributed by atoms with Gasteiger partial charge in [0.05, 0.1) is 19.1 Å². The quantitative estimate of drug-likeness (QED) is 0.890. The van der Waals surface area contributed by atoms with E-state index in [0.29, 0.717) is 18.8 Å². The first-order valence-corrected chi connectivity index (χ1v) is 8.01. The molecule has 2 amide bonds. The third-order valence-electron chi connectivity index (χ3n) is 4.39. The zero-order chi connectivity index (χ0) is 16.2. The molecule has 2 atom stereocenters. The number of methoxy groups -OCH3 is 1. The summed E-state index contributed by atoms with van der Waals surface area (Å²) in [4.78, 5) is 26.2. The van der Waals surface area contributed by atoms with Crippen molar-refractivity contribution in [1.29, 1.82) is 0 Å². The van der Waals surface area contributed by atoms with Gasteiger partial charge in [0.2, 0.25) is 11.8 Å². The van der Waals surface area contributed by atoms with E-state index in [9.17, 15) is 9.59 Å². The van der Waals surface area contributed by atoms with E-state index in [1.807, 2.05) is 24.3 Å². The third kappa shape index (κ3) is 3.64. The van der Waals surface area contributed by atoms with Gasteiger partial charge in [-0.1, -0.05) is 6.07 Å². The van der Waals surface area contributed by atoms with Gasteiger partial charge in [-0.3, -0.25) is 9.59 Å². The number of rotatable bonds is 5. The lowest BCUT2D eigenvalue weighted by atomic mass is 10.1. The Labute approximate surface area is 135 Å². The summed E-state index contributed by atoms with van der Waals surface area (Å²) in [7, 11) is 1.59. The first-order valence-electron chi connectivity index (χ1n) is 8.01. The number of hydrogen-bond donors (Lipinski definition) is 1. The largest absolute Gasteiger partial charge is 0.497 e. The van der Waals surface area contributed by atoms with Crippen molar-refractivity contribution in [3.05, 3.63) is 24.3 Å². The fourth-order valence-corrected chi connectivity index (χ4v) is 3.08. The van der Waals surface area contributed by atoms with Crippen molar-refractivity contribution in [2.45, 2.75) is 25.4 Å². The zero-order valence-corrected chi connectivity index (χ0v) is 13.3. The predicted molar refractivity (Wildman–Crippen MR) is 85.4 cm³/mol. The van der Waals surface area contributed by atoms with Crippen LogP contribution in [0, 0.1) is 5.92 Å². The number of amides is 2. The van der Waals surface area contributed by atoms with E-state index in [2.05, 4.69) is 5.32 Å². The molecule has 0 spiro atoms. The van der Waals surface area contributed by atoms with Crippen LogP contribution in [0.1, 0.15) is 19.3 Å². The Balaban J connectivity index is 1.58. The molecule has 2 fully saturated rings. The fourth-order valence-electron chi connectivity index (χ4n) is 3.08. The molecule has 1 aromatic carbocycles. The first-order chi connectivity index (χ1) is 11.2. The summed E-state index contributed by atoms with van der Waals surface area (Å²) < 4.78 is 10.7. The summed E-state index contributed by atoms with van der Waals surface area (Å²) in [5, 5.41) is 2.91. The molecule has 2 aliphatic rings. The normalized spacial score (nSPS) is 24.0. The average Bonchev–Trinajstić information content (AvgIpc) is 3.22. The highest BCUT2D eigenvalue weighted by atomic mass is 16.5. The van der Waals surface area contributed by atoms with Gasteiger partial charge in [0.15, 0.2) is 0 Å². The number of carbonyl (C=O) groups excluding carboxylic acids is 2. The smallest absolute Gasteiger partial charge is 0.227 e. The molecule has 1 aromatic rings. The van der Waals surface area contributed by atoms with E-state index < -0.39 is 0 Å². The number of carbonyl (C=O) groups is 2. The van der Waals surface area contributed by atoms with Crippen molar-refractivity contribution in [3.63, 3.8) is 0 Å². The van der Waals surface area contributed by atoms with E-state index in [0.717, 1.165) is 25.1 Å². The lowest BCUT2D eigenvalue weighted by Gasteiger charge is -2.18. The van der Waals surface area contributed by atoms with E-state index in [1.54, 1.807) is 12.0 Å². The molecule has 1 N–H and O–H groups in total. The molecule has 124 valence electrons. The molecular weight excluding hydrogens is 296 g/mol. The van der Waals surface area contributed by atoms with Crippen LogP contribution >= 0.6 is 0 Å². The maximum absolute atomic E-state index is 12.3. The van der Waals surface area contributed by atoms with Crippen LogP contribution in [0.2, 0.25) is 0 Å². The van der Waals surface area contributed by atoms with Crippen LogP contribution in [0.25, 0.3) is 0 Å². The van der Waals surface area contributed by atoms with Crippen molar-refractivity contribution in [3.8, 4) is 5.75 Å². The third-order valence-corrected chi connectivity index (χ3v) is 4.39. The molecular formula is C17H22N2O4. The summed E-state index contributed by atoms with van der Waals surface area (Å²) in [6, 6.07) is 7.33. The number of hydrogen-bond acceptors (Lipinski definition) is 4. The van der Waals surface area contributed by atoms with Gasteiger partial charge in [-0.2, -0.15) is 0 Å². The summed E-state index contributed by atoms with van der Waals surface area (Å²) in [5.74, 6) is 0.284. The van der Waals surface area contributed by atoms with Crippen molar-refractivity contribution >= 4 is 17.5 Å². The second-order valence-electron chi connectivity index (χ2n) is 5.99. The molecule has 0 saturated carbocycles. The minimum atomic E-state index is -0.310. The van der Waals surface area contributed by atoms with Crippen molar-refractivity contribution in [1.82, 2.24) is 5.32 Å². The minimum absolute atomic E-state index is 0.0319. The highest BCUT2D eigenvalue weighted by molar-refractivity contribution is 6.00. The van der Waals surface area contributed by atoms with Crippen LogP contribution in [0.15, 0.2) is 24.3 Å². The fraction of sp³-hybridized carbons (Fsp3) is 0.529. The van der Waals surface area contributed by atoms with Gasteiger partial charge < -0.3 is 19.7 Å². The molecule has 0 aliphatic carbocycles. The van der Waals surface area contributed by atoms with Gasteiger partial charge in [-0.05, 0) is 25.0 Å². The van der Waals surface area contributed by atoms with Crippen LogP contribution in [0.5, 0.6) is 5.75 Å². The second kappa shape index (κ2) is 7.00. The molecule has 6 heteroatoms. The number of ether oxygens (including phenoxy) is 2. The topological polar surface area (TPSA) is 67.9 Å². The van der Waals surface area contributed by atoms with Gasteiger partial charge in [-0.25, -0.2) is 0 Å². The van der Waals surface area contributed by atoms with Crippen molar-refractivity contribution < 1.29 is 19.1 Å². The number of benzene rings is 1. The van der Waals surface area contributed by atoms with Gasteiger partial charge >= 0.3 is 0 Å². The molecule has 0 bridgehead atoms. The molecule has 6 nitrogen and oxygen atoms in total. The summed E-state index contributed by atoms with van der Waals surface area (Å²) >= 11 is 0. The summed E-state index contributed by atoms with van der Waals surface area (Å²) in [6.07, 6.45) is 2.39. The highest BCUT2D eigenvalue weighted by Gasteiger charge is 2.35. The lowest BCUT2D eigenvalue weighted by molar-refractivity contribution is -0.126. The van der Waals surface area contributed by atoms with E-state index in [-0.39, 0.29) is 30.3 Å². The Bertz CT molecular complexity index is 584. The monoisotopic (exact) mass is 318 g/mol. The van der Waals surface area contributed by atoms with Gasteiger partial charge in [0.25, 0.3) is 0 Å². The molecule has 0 radical (unpaired) electrons. The Morgan fingerprint density at radius 2 is 2.35 bits per heavy atom. The summed E-state index contributed by atoms with van der Waals surface area (Å²) in [5.41, 5.74) is 0.767. The van der Waals surface area contributed by atoms with Crippen molar-refractivity contribution in [2.75, 3.05) is 31.7 Å². The maximum atomic E-state index is 12.3. The van der Waals surface area contributed by atoms with E-state index >= 15 is 0 Å². The Kier molecular flexibility index (Phi) is 4.81. The van der Waals surface area contributed by atoms with Gasteiger partial charge in [0.1, 0.15) is 5.75 Å². The molecule has 23 heavy (non-hydrogen) atoms. The van der Waals surface area contributed by atoms with Crippen LogP contribution in [0.3, 0.4) is 0 Å². The number of anilines is 1. The SMILES string of the molecule is COc1cccc(N2C[C@H](C(=O)NC[C@H]3CCCO3)CC2=O)c1. The molecule has 2 aliphatic heterocycles. The zero-order valence-electron chi connectivity index (χ0n) is 13.3. The highest BCUT2D eigenvalue weighted by Crippen LogP contribution is 2.28. The predicted octanol–water partition coefficient (Wildman–Crippen LogP) is 1.34. The summed E-state index contributed by atoms with van der Waals surface area (Å²) in [6.45, 7) is 1.71. The van der Waals surface area contributed by atoms with E-state index in [4.69, 9.17) is 9.47 Å². The molecule has 0 unspecified atom stereocenters. The van der Waals surface area contributed by atoms with E-state index in [1.165, 1.54) is 0 Å². The minimum Gasteiger partial charge on any atom is -0.497 e. The maximum Gasteiger partial charge on any atom is 0.227 e.